The second-order valence-corrected chi connectivity index (χ2v) is 10.6. The van der Waals surface area contributed by atoms with Gasteiger partial charge in [0, 0.05) is 48.2 Å². The molecule has 9 nitrogen and oxygen atoms in total. The van der Waals surface area contributed by atoms with E-state index < -0.39 is 10.8 Å². The summed E-state index contributed by atoms with van der Waals surface area (Å²) >= 11 is 6.73. The van der Waals surface area contributed by atoms with Gasteiger partial charge in [-0.1, -0.05) is 42.2 Å². The van der Waals surface area contributed by atoms with Crippen molar-refractivity contribution >= 4 is 68.9 Å². The largest absolute Gasteiger partial charge is 0.483 e. The third-order valence-corrected chi connectivity index (χ3v) is 7.47. The monoisotopic (exact) mass is 576 g/mol. The molecule has 0 aliphatic carbocycles. The Hall–Kier alpha value is -4.22. The number of thiocarbonyl (C=S) groups is 1. The fourth-order valence-corrected chi connectivity index (χ4v) is 5.48. The number of aryl methyl sites for hydroxylation is 1. The molecule has 0 saturated carbocycles. The Bertz CT molecular complexity index is 1500. The molecule has 1 heterocycles. The van der Waals surface area contributed by atoms with E-state index in [2.05, 4.69) is 10.2 Å². The van der Waals surface area contributed by atoms with Crippen LogP contribution in [0.15, 0.2) is 71.6 Å². The highest BCUT2D eigenvalue weighted by Gasteiger charge is 2.33. The maximum Gasteiger partial charge on any atom is 0.271 e. The second kappa shape index (κ2) is 12.8. The highest BCUT2D eigenvalue weighted by molar-refractivity contribution is 8.27. The van der Waals surface area contributed by atoms with Gasteiger partial charge in [-0.15, -0.1) is 0 Å². The Labute approximate surface area is 242 Å². The summed E-state index contributed by atoms with van der Waals surface area (Å²) in [7, 11) is 0. The number of nitro groups is 1. The maximum absolute atomic E-state index is 13.3. The number of hydrogen-bond acceptors (Lipinski definition) is 8. The van der Waals surface area contributed by atoms with Crippen molar-refractivity contribution in [1.82, 2.24) is 0 Å². The van der Waals surface area contributed by atoms with Gasteiger partial charge in [-0.25, -0.2) is 0 Å². The van der Waals surface area contributed by atoms with Crippen LogP contribution in [0.25, 0.3) is 6.08 Å². The van der Waals surface area contributed by atoms with E-state index in [-0.39, 0.29) is 18.2 Å². The Balaban J connectivity index is 1.59. The van der Waals surface area contributed by atoms with E-state index in [0.29, 0.717) is 31.9 Å². The number of carbonyl (C=O) groups is 2. The number of benzene rings is 3. The average molecular weight is 577 g/mol. The number of non-ortho nitro benzene ring substituents is 1. The van der Waals surface area contributed by atoms with Crippen molar-refractivity contribution in [3.63, 3.8) is 0 Å². The fourth-order valence-electron chi connectivity index (χ4n) is 4.19. The van der Waals surface area contributed by atoms with E-state index in [4.69, 9.17) is 17.0 Å². The van der Waals surface area contributed by atoms with Crippen LogP contribution in [0.2, 0.25) is 0 Å². The normalized spacial score (nSPS) is 14.0. The number of nitrogens with zero attached hydrogens (tertiary/aromatic N) is 3. The Morgan fingerprint density at radius 2 is 1.88 bits per heavy atom. The number of amides is 2. The minimum absolute atomic E-state index is 0.129. The molecule has 0 spiro atoms. The van der Waals surface area contributed by atoms with Gasteiger partial charge in [-0.2, -0.15) is 0 Å². The molecule has 0 atom stereocenters. The SMILES string of the molecule is CCN(CC)c1ccc(/C=C2\SC(=S)N(c3cccc(C)c3)C2=O)c(OCC(=O)Nc2cccc([N+](=O)[O-])c2)c1. The molecule has 3 aromatic rings. The number of thioether (sulfide) groups is 1. The molecule has 1 fully saturated rings. The zero-order chi connectivity index (χ0) is 28.8. The van der Waals surface area contributed by atoms with Crippen LogP contribution in [-0.4, -0.2) is 40.8 Å². The predicted octanol–water partition coefficient (Wildman–Crippen LogP) is 6.17. The number of ether oxygens (including phenoxy) is 1. The summed E-state index contributed by atoms with van der Waals surface area (Å²) in [5.74, 6) is -0.298. The first-order valence-electron chi connectivity index (χ1n) is 12.6. The number of carbonyl (C=O) groups excluding carboxylic acids is 2. The highest BCUT2D eigenvalue weighted by atomic mass is 32.2. The Kier molecular flexibility index (Phi) is 9.18. The van der Waals surface area contributed by atoms with E-state index in [0.717, 1.165) is 24.3 Å². The molecule has 1 aliphatic rings. The van der Waals surface area contributed by atoms with E-state index >= 15 is 0 Å². The van der Waals surface area contributed by atoms with Crippen molar-refractivity contribution in [2.75, 3.05) is 34.8 Å². The number of rotatable bonds is 10. The summed E-state index contributed by atoms with van der Waals surface area (Å²) in [6.07, 6.45) is 1.72. The summed E-state index contributed by atoms with van der Waals surface area (Å²) < 4.78 is 6.38. The minimum Gasteiger partial charge on any atom is -0.483 e. The summed E-state index contributed by atoms with van der Waals surface area (Å²) in [4.78, 5) is 40.6. The summed E-state index contributed by atoms with van der Waals surface area (Å²) in [6, 6.07) is 18.9. The van der Waals surface area contributed by atoms with E-state index in [9.17, 15) is 19.7 Å². The molecule has 0 aromatic heterocycles. The van der Waals surface area contributed by atoms with E-state index in [1.165, 1.54) is 34.9 Å². The number of nitrogens with one attached hydrogen (secondary N) is 1. The molecular formula is C29H28N4O5S2. The first-order chi connectivity index (χ1) is 19.2. The highest BCUT2D eigenvalue weighted by Crippen LogP contribution is 2.38. The first kappa shape index (κ1) is 28.8. The molecule has 3 aromatic carbocycles. The van der Waals surface area contributed by atoms with Crippen molar-refractivity contribution in [1.29, 1.82) is 0 Å². The van der Waals surface area contributed by atoms with Gasteiger partial charge in [-0.05, 0) is 62.7 Å². The van der Waals surface area contributed by atoms with Crippen molar-refractivity contribution in [3.05, 3.63) is 92.9 Å². The van der Waals surface area contributed by atoms with Gasteiger partial charge in [0.15, 0.2) is 10.9 Å². The smallest absolute Gasteiger partial charge is 0.271 e. The molecule has 4 rings (SSSR count). The molecule has 0 bridgehead atoms. The molecule has 40 heavy (non-hydrogen) atoms. The zero-order valence-electron chi connectivity index (χ0n) is 22.2. The van der Waals surface area contributed by atoms with Gasteiger partial charge in [0.25, 0.3) is 17.5 Å². The fraction of sp³-hybridized carbons (Fsp3) is 0.207. The van der Waals surface area contributed by atoms with Crippen LogP contribution in [0.5, 0.6) is 5.75 Å². The van der Waals surface area contributed by atoms with Crippen LogP contribution in [0.1, 0.15) is 25.0 Å². The van der Waals surface area contributed by atoms with Gasteiger partial charge < -0.3 is 15.0 Å². The molecule has 0 unspecified atom stereocenters. The van der Waals surface area contributed by atoms with Crippen molar-refractivity contribution in [2.24, 2.45) is 0 Å². The van der Waals surface area contributed by atoms with Gasteiger partial charge in [-0.3, -0.25) is 24.6 Å². The number of nitro benzene ring substituents is 1. The molecule has 1 saturated heterocycles. The van der Waals surface area contributed by atoms with Crippen LogP contribution >= 0.6 is 24.0 Å². The van der Waals surface area contributed by atoms with E-state index in [1.807, 2.05) is 63.2 Å². The van der Waals surface area contributed by atoms with Gasteiger partial charge in [0.05, 0.1) is 15.5 Å². The van der Waals surface area contributed by atoms with Crippen LogP contribution < -0.4 is 19.9 Å². The Morgan fingerprint density at radius 3 is 2.58 bits per heavy atom. The maximum atomic E-state index is 13.3. The van der Waals surface area contributed by atoms with Crippen molar-refractivity contribution in [2.45, 2.75) is 20.8 Å². The lowest BCUT2D eigenvalue weighted by Crippen LogP contribution is -2.27. The predicted molar refractivity (Wildman–Crippen MR) is 164 cm³/mol. The lowest BCUT2D eigenvalue weighted by Gasteiger charge is -2.22. The second-order valence-electron chi connectivity index (χ2n) is 8.89. The topological polar surface area (TPSA) is 105 Å². The molecule has 1 aliphatic heterocycles. The molecule has 1 N–H and O–H groups in total. The minimum atomic E-state index is -0.529. The molecule has 2 amide bonds. The molecule has 206 valence electrons. The zero-order valence-corrected chi connectivity index (χ0v) is 23.9. The third kappa shape index (κ3) is 6.67. The first-order valence-corrected chi connectivity index (χ1v) is 13.8. The van der Waals surface area contributed by atoms with Crippen LogP contribution in [0.3, 0.4) is 0 Å². The van der Waals surface area contributed by atoms with Crippen LogP contribution in [0.4, 0.5) is 22.7 Å². The lowest BCUT2D eigenvalue weighted by atomic mass is 10.1. The van der Waals surface area contributed by atoms with Gasteiger partial charge in [0.2, 0.25) is 0 Å². The summed E-state index contributed by atoms with van der Waals surface area (Å²) in [6.45, 7) is 7.25. The van der Waals surface area contributed by atoms with Gasteiger partial charge in [0.1, 0.15) is 5.75 Å². The molecular weight excluding hydrogens is 548 g/mol. The summed E-state index contributed by atoms with van der Waals surface area (Å²) in [5.41, 5.74) is 3.40. The van der Waals surface area contributed by atoms with Crippen LogP contribution in [0, 0.1) is 17.0 Å². The van der Waals surface area contributed by atoms with Gasteiger partial charge >= 0.3 is 0 Å². The summed E-state index contributed by atoms with van der Waals surface area (Å²) in [5, 5.41) is 13.7. The van der Waals surface area contributed by atoms with Crippen LogP contribution in [-0.2, 0) is 9.59 Å². The quantitative estimate of drug-likeness (QED) is 0.132. The molecule has 11 heteroatoms. The lowest BCUT2D eigenvalue weighted by molar-refractivity contribution is -0.384. The Morgan fingerprint density at radius 1 is 1.12 bits per heavy atom. The van der Waals surface area contributed by atoms with Crippen molar-refractivity contribution in [3.8, 4) is 5.75 Å². The average Bonchev–Trinajstić information content (AvgIpc) is 3.21. The number of anilines is 3. The molecule has 0 radical (unpaired) electrons. The van der Waals surface area contributed by atoms with E-state index in [1.54, 1.807) is 12.1 Å². The third-order valence-electron chi connectivity index (χ3n) is 6.17. The standard InChI is InChI=1S/C29H28N4O5S2/c1-4-31(5-2)22-13-12-20(15-26-28(35)32(29(39)40-26)23-10-6-8-19(3)14-23)25(17-22)38-18-27(34)30-21-9-7-11-24(16-21)33(36)37/h6-17H,4-5,18H2,1-3H3,(H,30,34)/b26-15-. The van der Waals surface area contributed by atoms with Crippen molar-refractivity contribution < 1.29 is 19.2 Å². The number of hydrogen-bond donors (Lipinski definition) is 1.